The van der Waals surface area contributed by atoms with Crippen LogP contribution in [0, 0.1) is 6.92 Å². The fourth-order valence-corrected chi connectivity index (χ4v) is 3.97. The van der Waals surface area contributed by atoms with E-state index in [0.29, 0.717) is 34.3 Å². The van der Waals surface area contributed by atoms with E-state index in [-0.39, 0.29) is 24.5 Å². The smallest absolute Gasteiger partial charge is 0.416 e. The molecule has 0 atom stereocenters. The first kappa shape index (κ1) is 19.5. The minimum Gasteiger partial charge on any atom is -0.507 e. The van der Waals surface area contributed by atoms with Gasteiger partial charge in [-0.1, -0.05) is 18.2 Å². The van der Waals surface area contributed by atoms with Crippen molar-refractivity contribution in [3.63, 3.8) is 0 Å². The molecule has 4 nitrogen and oxygen atoms in total. The largest absolute Gasteiger partial charge is 0.507 e. The third-order valence-corrected chi connectivity index (χ3v) is 5.45. The summed E-state index contributed by atoms with van der Waals surface area (Å²) in [6, 6.07) is 6.96. The summed E-state index contributed by atoms with van der Waals surface area (Å²) in [5.74, 6) is 0.0233. The van der Waals surface area contributed by atoms with Gasteiger partial charge in [-0.2, -0.15) is 13.2 Å². The van der Waals surface area contributed by atoms with Crippen LogP contribution in [-0.2, 0) is 32.1 Å². The lowest BCUT2D eigenvalue weighted by Gasteiger charge is -2.14. The first-order valence-electron chi connectivity index (χ1n) is 9.42. The van der Waals surface area contributed by atoms with Crippen molar-refractivity contribution >= 4 is 11.0 Å². The van der Waals surface area contributed by atoms with E-state index in [9.17, 15) is 23.1 Å². The lowest BCUT2D eigenvalue weighted by Crippen LogP contribution is -2.14. The molecule has 0 radical (unpaired) electrons. The average Bonchev–Trinajstić information content (AvgIpc) is 3.17. The molecule has 4 rings (SSSR count). The molecule has 29 heavy (non-hydrogen) atoms. The average molecular weight is 403 g/mol. The van der Waals surface area contributed by atoms with Crippen molar-refractivity contribution in [2.24, 2.45) is 0 Å². The number of alkyl halides is 3. The highest BCUT2D eigenvalue weighted by Crippen LogP contribution is 2.35. The molecule has 0 amide bonds. The summed E-state index contributed by atoms with van der Waals surface area (Å²) in [6.45, 7) is 2.19. The normalized spacial score (nSPS) is 13.8. The second-order valence-electron chi connectivity index (χ2n) is 7.39. The summed E-state index contributed by atoms with van der Waals surface area (Å²) in [5, 5.41) is 14.4. The minimum absolute atomic E-state index is 0.0233. The Morgan fingerprint density at radius 1 is 1.14 bits per heavy atom. The van der Waals surface area contributed by atoms with E-state index < -0.39 is 11.7 Å². The summed E-state index contributed by atoms with van der Waals surface area (Å²) in [4.78, 5) is 12.2. The lowest BCUT2D eigenvalue weighted by molar-refractivity contribution is -0.137. The molecular formula is C22H20F3NO3. The van der Waals surface area contributed by atoms with E-state index in [0.717, 1.165) is 35.9 Å². The summed E-state index contributed by atoms with van der Waals surface area (Å²) in [5.41, 5.74) is 2.65. The van der Waals surface area contributed by atoms with Gasteiger partial charge in [-0.3, -0.25) is 0 Å². The van der Waals surface area contributed by atoms with Crippen LogP contribution in [0.1, 0.15) is 39.8 Å². The van der Waals surface area contributed by atoms with Crippen molar-refractivity contribution in [2.75, 3.05) is 0 Å². The molecule has 0 saturated carbocycles. The Hall–Kier alpha value is -2.80. The van der Waals surface area contributed by atoms with Crippen LogP contribution < -0.4 is 10.9 Å². The number of benzene rings is 2. The first-order chi connectivity index (χ1) is 13.8. The standard InChI is InChI=1S/C22H20F3NO3/c1-12-19(27)14(9-18-16-6-3-7-17(16)21(28)29-20(12)18)11-26-10-13-4-2-5-15(8-13)22(23,24)25/h2,4-5,8-9,26-27H,3,6-7,10-11H2,1H3. The Morgan fingerprint density at radius 2 is 1.90 bits per heavy atom. The van der Waals surface area contributed by atoms with E-state index in [2.05, 4.69) is 5.32 Å². The van der Waals surface area contributed by atoms with Gasteiger partial charge in [0.2, 0.25) is 0 Å². The topological polar surface area (TPSA) is 62.5 Å². The van der Waals surface area contributed by atoms with Gasteiger partial charge in [0.05, 0.1) is 5.56 Å². The molecule has 2 N–H and O–H groups in total. The van der Waals surface area contributed by atoms with E-state index in [1.807, 2.05) is 6.07 Å². The number of hydrogen-bond acceptors (Lipinski definition) is 4. The van der Waals surface area contributed by atoms with Gasteiger partial charge in [-0.15, -0.1) is 0 Å². The Morgan fingerprint density at radius 3 is 2.66 bits per heavy atom. The quantitative estimate of drug-likeness (QED) is 0.625. The van der Waals surface area contributed by atoms with Crippen LogP contribution >= 0.6 is 0 Å². The second kappa shape index (κ2) is 7.22. The van der Waals surface area contributed by atoms with Gasteiger partial charge in [-0.05, 0) is 49.4 Å². The van der Waals surface area contributed by atoms with Crippen LogP contribution in [-0.4, -0.2) is 5.11 Å². The maximum absolute atomic E-state index is 12.9. The molecule has 0 spiro atoms. The van der Waals surface area contributed by atoms with Crippen LogP contribution in [0.5, 0.6) is 5.75 Å². The molecule has 3 aromatic rings. The molecular weight excluding hydrogens is 383 g/mol. The van der Waals surface area contributed by atoms with Crippen LogP contribution in [0.4, 0.5) is 13.2 Å². The van der Waals surface area contributed by atoms with Crippen LogP contribution in [0.25, 0.3) is 11.0 Å². The Bertz CT molecular complexity index is 1150. The van der Waals surface area contributed by atoms with Crippen molar-refractivity contribution in [1.29, 1.82) is 0 Å². The number of phenolic OH excluding ortho intramolecular Hbond substituents is 1. The Kier molecular flexibility index (Phi) is 4.86. The van der Waals surface area contributed by atoms with Gasteiger partial charge >= 0.3 is 11.8 Å². The molecule has 0 unspecified atom stereocenters. The number of fused-ring (bicyclic) bond motifs is 3. The number of aryl methyl sites for hydroxylation is 2. The van der Waals surface area contributed by atoms with Crippen molar-refractivity contribution in [2.45, 2.75) is 45.5 Å². The van der Waals surface area contributed by atoms with Crippen molar-refractivity contribution in [3.8, 4) is 5.75 Å². The molecule has 0 aliphatic heterocycles. The van der Waals surface area contributed by atoms with Crippen molar-refractivity contribution < 1.29 is 22.7 Å². The highest BCUT2D eigenvalue weighted by molar-refractivity contribution is 5.87. The van der Waals surface area contributed by atoms with Crippen molar-refractivity contribution in [1.82, 2.24) is 5.32 Å². The highest BCUT2D eigenvalue weighted by Gasteiger charge is 2.30. The summed E-state index contributed by atoms with van der Waals surface area (Å²) in [7, 11) is 0. The molecule has 1 heterocycles. The third kappa shape index (κ3) is 3.62. The third-order valence-electron chi connectivity index (χ3n) is 5.45. The van der Waals surface area contributed by atoms with Gasteiger partial charge in [0.1, 0.15) is 11.3 Å². The second-order valence-corrected chi connectivity index (χ2v) is 7.39. The minimum atomic E-state index is -4.38. The van der Waals surface area contributed by atoms with Crippen molar-refractivity contribution in [3.05, 3.63) is 74.1 Å². The Labute approximate surface area is 165 Å². The lowest BCUT2D eigenvalue weighted by atomic mass is 10.00. The number of halogens is 3. The maximum Gasteiger partial charge on any atom is 0.416 e. The van der Waals surface area contributed by atoms with E-state index in [1.54, 1.807) is 13.0 Å². The van der Waals surface area contributed by atoms with E-state index in [1.165, 1.54) is 6.07 Å². The molecule has 1 aliphatic carbocycles. The SMILES string of the molecule is Cc1c(O)c(CNCc2cccc(C(F)(F)F)c2)cc2c3c(c(=O)oc12)CCC3. The number of rotatable bonds is 4. The molecule has 2 aromatic carbocycles. The maximum atomic E-state index is 12.9. The molecule has 0 bridgehead atoms. The van der Waals surface area contributed by atoms with E-state index in [4.69, 9.17) is 4.42 Å². The van der Waals surface area contributed by atoms with Gasteiger partial charge in [-0.25, -0.2) is 4.79 Å². The molecule has 152 valence electrons. The summed E-state index contributed by atoms with van der Waals surface area (Å²) < 4.78 is 44.0. The first-order valence-corrected chi connectivity index (χ1v) is 9.42. The zero-order chi connectivity index (χ0) is 20.8. The predicted molar refractivity (Wildman–Crippen MR) is 103 cm³/mol. The van der Waals surface area contributed by atoms with Gasteiger partial charge < -0.3 is 14.8 Å². The van der Waals surface area contributed by atoms with E-state index >= 15 is 0 Å². The summed E-state index contributed by atoms with van der Waals surface area (Å²) >= 11 is 0. The number of phenols is 1. The Balaban J connectivity index is 1.60. The number of nitrogens with one attached hydrogen (secondary N) is 1. The molecule has 1 aliphatic rings. The number of hydrogen-bond donors (Lipinski definition) is 2. The van der Waals surface area contributed by atoms with Crippen LogP contribution in [0.3, 0.4) is 0 Å². The zero-order valence-electron chi connectivity index (χ0n) is 15.8. The summed E-state index contributed by atoms with van der Waals surface area (Å²) in [6.07, 6.45) is -2.01. The zero-order valence-corrected chi connectivity index (χ0v) is 15.8. The van der Waals surface area contributed by atoms with Gasteiger partial charge in [0, 0.05) is 35.2 Å². The molecule has 1 aromatic heterocycles. The number of aromatic hydroxyl groups is 1. The van der Waals surface area contributed by atoms with Gasteiger partial charge in [0.25, 0.3) is 0 Å². The molecule has 0 saturated heterocycles. The predicted octanol–water partition coefficient (Wildman–Crippen LogP) is 4.60. The monoisotopic (exact) mass is 403 g/mol. The molecule has 0 fully saturated rings. The van der Waals surface area contributed by atoms with Gasteiger partial charge in [0.15, 0.2) is 0 Å². The van der Waals surface area contributed by atoms with Crippen LogP contribution in [0.2, 0.25) is 0 Å². The van der Waals surface area contributed by atoms with Crippen LogP contribution in [0.15, 0.2) is 39.5 Å². The fourth-order valence-electron chi connectivity index (χ4n) is 3.97. The highest BCUT2D eigenvalue weighted by atomic mass is 19.4. The molecule has 7 heteroatoms. The fraction of sp³-hybridized carbons (Fsp3) is 0.318.